The zero-order valence-electron chi connectivity index (χ0n) is 12.9. The van der Waals surface area contributed by atoms with Crippen LogP contribution >= 0.6 is 0 Å². The van der Waals surface area contributed by atoms with Gasteiger partial charge in [-0.25, -0.2) is 0 Å². The molecule has 1 N–H and O–H groups in total. The summed E-state index contributed by atoms with van der Waals surface area (Å²) in [6.45, 7) is 4.36. The maximum Gasteiger partial charge on any atom is 0.303 e. The van der Waals surface area contributed by atoms with Crippen molar-refractivity contribution in [3.05, 3.63) is 0 Å². The monoisotopic (exact) mass is 296 g/mol. The Balaban J connectivity index is 1.69. The Morgan fingerprint density at radius 2 is 1.76 bits per heavy atom. The van der Waals surface area contributed by atoms with Gasteiger partial charge in [0.25, 0.3) is 0 Å². The highest BCUT2D eigenvalue weighted by Crippen LogP contribution is 2.28. The van der Waals surface area contributed by atoms with Crippen molar-refractivity contribution in [3.63, 3.8) is 0 Å². The average Bonchev–Trinajstić information content (AvgIpc) is 2.82. The zero-order valence-corrected chi connectivity index (χ0v) is 12.9. The first-order chi connectivity index (χ1) is 10.1. The summed E-state index contributed by atoms with van der Waals surface area (Å²) in [5.41, 5.74) is 0. The number of carbonyl (C=O) groups is 2. The summed E-state index contributed by atoms with van der Waals surface area (Å²) in [7, 11) is 0. The maximum absolute atomic E-state index is 12.3. The smallest absolute Gasteiger partial charge is 0.303 e. The van der Waals surface area contributed by atoms with Gasteiger partial charge in [-0.2, -0.15) is 0 Å². The molecule has 1 aliphatic heterocycles. The van der Waals surface area contributed by atoms with Crippen LogP contribution in [0, 0.1) is 5.92 Å². The Labute approximate surface area is 127 Å². The van der Waals surface area contributed by atoms with Crippen molar-refractivity contribution < 1.29 is 14.7 Å². The molecule has 0 aromatic rings. The first kappa shape index (κ1) is 16.3. The van der Waals surface area contributed by atoms with Crippen molar-refractivity contribution in [2.45, 2.75) is 51.4 Å². The molecular formula is C16H28N2O3. The van der Waals surface area contributed by atoms with Gasteiger partial charge in [0.05, 0.1) is 0 Å². The number of carboxylic acid groups (broad SMARTS) is 1. The van der Waals surface area contributed by atoms with Crippen molar-refractivity contribution in [2.24, 2.45) is 5.92 Å². The van der Waals surface area contributed by atoms with Gasteiger partial charge in [0.1, 0.15) is 0 Å². The zero-order chi connectivity index (χ0) is 15.1. The fourth-order valence-corrected chi connectivity index (χ4v) is 3.49. The second kappa shape index (κ2) is 8.37. The minimum atomic E-state index is -0.724. The van der Waals surface area contributed by atoms with E-state index in [-0.39, 0.29) is 6.42 Å². The molecule has 2 rings (SSSR count). The molecule has 0 aromatic carbocycles. The lowest BCUT2D eigenvalue weighted by atomic mass is 10.0. The van der Waals surface area contributed by atoms with Gasteiger partial charge in [0.15, 0.2) is 0 Å². The summed E-state index contributed by atoms with van der Waals surface area (Å²) >= 11 is 0. The van der Waals surface area contributed by atoms with Crippen molar-refractivity contribution >= 4 is 11.9 Å². The molecule has 1 amide bonds. The molecule has 2 aliphatic rings. The molecule has 2 fully saturated rings. The van der Waals surface area contributed by atoms with Gasteiger partial charge in [0, 0.05) is 32.5 Å². The summed E-state index contributed by atoms with van der Waals surface area (Å²) in [5, 5.41) is 8.68. The standard InChI is InChI=1S/C16H28N2O3/c19-15(13-14-5-1-2-6-14)18-10-4-9-17(11-12-18)8-3-7-16(20)21/h14H,1-13H2,(H,20,21). The van der Waals surface area contributed by atoms with Crippen LogP contribution in [0.15, 0.2) is 0 Å². The Morgan fingerprint density at radius 1 is 1.00 bits per heavy atom. The predicted molar refractivity (Wildman–Crippen MR) is 81.1 cm³/mol. The lowest BCUT2D eigenvalue weighted by Crippen LogP contribution is -2.36. The van der Waals surface area contributed by atoms with Crippen molar-refractivity contribution in [2.75, 3.05) is 32.7 Å². The number of nitrogens with zero attached hydrogens (tertiary/aromatic N) is 2. The highest BCUT2D eigenvalue weighted by Gasteiger charge is 2.23. The summed E-state index contributed by atoms with van der Waals surface area (Å²) in [6.07, 6.45) is 7.70. The lowest BCUT2D eigenvalue weighted by Gasteiger charge is -2.23. The minimum Gasteiger partial charge on any atom is -0.481 e. The van der Waals surface area contributed by atoms with E-state index in [1.165, 1.54) is 25.7 Å². The number of carboxylic acids is 1. The third-order valence-electron chi connectivity index (χ3n) is 4.74. The molecule has 1 saturated carbocycles. The van der Waals surface area contributed by atoms with Crippen LogP contribution in [0.5, 0.6) is 0 Å². The summed E-state index contributed by atoms with van der Waals surface area (Å²) in [6, 6.07) is 0. The molecule has 21 heavy (non-hydrogen) atoms. The summed E-state index contributed by atoms with van der Waals surface area (Å²) in [5.74, 6) is 0.222. The summed E-state index contributed by atoms with van der Waals surface area (Å²) < 4.78 is 0. The molecular weight excluding hydrogens is 268 g/mol. The third-order valence-corrected chi connectivity index (χ3v) is 4.74. The van der Waals surface area contributed by atoms with Crippen LogP contribution in [0.4, 0.5) is 0 Å². The SMILES string of the molecule is O=C(O)CCCN1CCCN(C(=O)CC2CCCC2)CC1. The number of amides is 1. The Bertz CT molecular complexity index is 353. The van der Waals surface area contributed by atoms with Crippen LogP contribution in [0.25, 0.3) is 0 Å². The van der Waals surface area contributed by atoms with Crippen LogP contribution in [-0.4, -0.2) is 59.5 Å². The normalized spacial score (nSPS) is 21.4. The van der Waals surface area contributed by atoms with E-state index in [4.69, 9.17) is 5.11 Å². The van der Waals surface area contributed by atoms with Crippen molar-refractivity contribution in [1.29, 1.82) is 0 Å². The quantitative estimate of drug-likeness (QED) is 0.814. The van der Waals surface area contributed by atoms with Crippen molar-refractivity contribution in [1.82, 2.24) is 9.80 Å². The number of hydrogen-bond acceptors (Lipinski definition) is 3. The van der Waals surface area contributed by atoms with Crippen LogP contribution in [0.3, 0.4) is 0 Å². The second-order valence-corrected chi connectivity index (χ2v) is 6.43. The van der Waals surface area contributed by atoms with E-state index in [1.807, 2.05) is 4.90 Å². The van der Waals surface area contributed by atoms with E-state index in [9.17, 15) is 9.59 Å². The molecule has 1 heterocycles. The fourth-order valence-electron chi connectivity index (χ4n) is 3.49. The molecule has 1 aliphatic carbocycles. The van der Waals surface area contributed by atoms with Gasteiger partial charge in [-0.15, -0.1) is 0 Å². The maximum atomic E-state index is 12.3. The van der Waals surface area contributed by atoms with E-state index in [0.29, 0.717) is 18.2 Å². The first-order valence-electron chi connectivity index (χ1n) is 8.37. The molecule has 0 aromatic heterocycles. The third kappa shape index (κ3) is 5.65. The van der Waals surface area contributed by atoms with E-state index in [0.717, 1.165) is 45.6 Å². The largest absolute Gasteiger partial charge is 0.481 e. The van der Waals surface area contributed by atoms with Crippen LogP contribution < -0.4 is 0 Å². The van der Waals surface area contributed by atoms with E-state index in [2.05, 4.69) is 4.90 Å². The first-order valence-corrected chi connectivity index (χ1v) is 8.37. The number of carbonyl (C=O) groups excluding carboxylic acids is 1. The van der Waals surface area contributed by atoms with Crippen LogP contribution in [0.2, 0.25) is 0 Å². The van der Waals surface area contributed by atoms with Gasteiger partial charge in [-0.1, -0.05) is 12.8 Å². The number of rotatable bonds is 6. The van der Waals surface area contributed by atoms with Gasteiger partial charge in [-0.3, -0.25) is 9.59 Å². The van der Waals surface area contributed by atoms with E-state index < -0.39 is 5.97 Å². The average molecular weight is 296 g/mol. The van der Waals surface area contributed by atoms with Gasteiger partial charge < -0.3 is 14.9 Å². The Kier molecular flexibility index (Phi) is 6.49. The molecule has 0 bridgehead atoms. The molecule has 120 valence electrons. The topological polar surface area (TPSA) is 60.9 Å². The second-order valence-electron chi connectivity index (χ2n) is 6.43. The highest BCUT2D eigenvalue weighted by molar-refractivity contribution is 5.76. The Morgan fingerprint density at radius 3 is 2.48 bits per heavy atom. The van der Waals surface area contributed by atoms with Gasteiger partial charge in [0.2, 0.25) is 5.91 Å². The van der Waals surface area contributed by atoms with Gasteiger partial charge >= 0.3 is 5.97 Å². The molecule has 5 nitrogen and oxygen atoms in total. The van der Waals surface area contributed by atoms with E-state index in [1.54, 1.807) is 0 Å². The predicted octanol–water partition coefficient (Wildman–Crippen LogP) is 1.97. The minimum absolute atomic E-state index is 0.237. The fraction of sp³-hybridized carbons (Fsp3) is 0.875. The van der Waals surface area contributed by atoms with Crippen molar-refractivity contribution in [3.8, 4) is 0 Å². The lowest BCUT2D eigenvalue weighted by molar-refractivity contribution is -0.137. The molecule has 0 radical (unpaired) electrons. The molecule has 0 spiro atoms. The number of hydrogen-bond donors (Lipinski definition) is 1. The molecule has 0 atom stereocenters. The molecule has 1 saturated heterocycles. The highest BCUT2D eigenvalue weighted by atomic mass is 16.4. The molecule has 0 unspecified atom stereocenters. The Hall–Kier alpha value is -1.10. The van der Waals surface area contributed by atoms with E-state index >= 15 is 0 Å². The van der Waals surface area contributed by atoms with Crippen LogP contribution in [-0.2, 0) is 9.59 Å². The van der Waals surface area contributed by atoms with Crippen LogP contribution in [0.1, 0.15) is 51.4 Å². The summed E-state index contributed by atoms with van der Waals surface area (Å²) in [4.78, 5) is 27.2. The molecule has 5 heteroatoms. The van der Waals surface area contributed by atoms with Gasteiger partial charge in [-0.05, 0) is 44.7 Å². The number of aliphatic carboxylic acids is 1.